The first-order chi connectivity index (χ1) is 11.0. The molecule has 0 aliphatic rings. The predicted octanol–water partition coefficient (Wildman–Crippen LogP) is 4.29. The Kier molecular flexibility index (Phi) is 5.77. The molecule has 2 rings (SSSR count). The minimum absolute atomic E-state index is 0.0350. The maximum Gasteiger partial charge on any atom is 0.226 e. The highest BCUT2D eigenvalue weighted by molar-refractivity contribution is 6.31. The van der Waals surface area contributed by atoms with Crippen molar-refractivity contribution in [2.45, 2.75) is 20.3 Å². The van der Waals surface area contributed by atoms with Gasteiger partial charge in [0, 0.05) is 34.9 Å². The zero-order valence-corrected chi connectivity index (χ0v) is 13.9. The molecule has 0 saturated heterocycles. The van der Waals surface area contributed by atoms with E-state index in [2.05, 4.69) is 10.6 Å². The second-order valence-corrected chi connectivity index (χ2v) is 5.68. The zero-order chi connectivity index (χ0) is 16.8. The van der Waals surface area contributed by atoms with Crippen molar-refractivity contribution in [1.29, 1.82) is 0 Å². The Morgan fingerprint density at radius 1 is 1.09 bits per heavy atom. The normalized spacial score (nSPS) is 10.2. The molecular formula is C18H19ClN2O2. The fraction of sp³-hybridized carbons (Fsp3) is 0.222. The second-order valence-electron chi connectivity index (χ2n) is 5.27. The highest BCUT2D eigenvalue weighted by Gasteiger charge is 2.06. The molecule has 4 nitrogen and oxygen atoms in total. The van der Waals surface area contributed by atoms with Gasteiger partial charge in [0.15, 0.2) is 5.78 Å². The topological polar surface area (TPSA) is 58.2 Å². The van der Waals surface area contributed by atoms with Gasteiger partial charge < -0.3 is 10.6 Å². The van der Waals surface area contributed by atoms with Crippen LogP contribution in [-0.4, -0.2) is 18.2 Å². The van der Waals surface area contributed by atoms with Gasteiger partial charge in [0.2, 0.25) is 5.91 Å². The van der Waals surface area contributed by atoms with E-state index >= 15 is 0 Å². The monoisotopic (exact) mass is 330 g/mol. The molecule has 0 heterocycles. The number of benzene rings is 2. The third kappa shape index (κ3) is 4.83. The summed E-state index contributed by atoms with van der Waals surface area (Å²) in [5, 5.41) is 6.64. The first kappa shape index (κ1) is 17.0. The van der Waals surface area contributed by atoms with Crippen LogP contribution in [0, 0.1) is 6.92 Å². The van der Waals surface area contributed by atoms with E-state index in [4.69, 9.17) is 11.6 Å². The van der Waals surface area contributed by atoms with Crippen LogP contribution in [0.2, 0.25) is 5.02 Å². The van der Waals surface area contributed by atoms with Crippen LogP contribution in [0.1, 0.15) is 29.3 Å². The number of carbonyl (C=O) groups excluding carboxylic acids is 2. The summed E-state index contributed by atoms with van der Waals surface area (Å²) in [6, 6.07) is 12.6. The lowest BCUT2D eigenvalue weighted by Crippen LogP contribution is -2.16. The van der Waals surface area contributed by atoms with Crippen molar-refractivity contribution in [3.8, 4) is 0 Å². The number of carbonyl (C=O) groups is 2. The average molecular weight is 331 g/mol. The van der Waals surface area contributed by atoms with E-state index in [-0.39, 0.29) is 11.7 Å². The molecule has 0 saturated carbocycles. The molecule has 5 heteroatoms. The third-order valence-electron chi connectivity index (χ3n) is 3.51. The maximum atomic E-state index is 12.0. The molecule has 0 aliphatic carbocycles. The number of rotatable bonds is 6. The summed E-state index contributed by atoms with van der Waals surface area (Å²) < 4.78 is 0. The van der Waals surface area contributed by atoms with Gasteiger partial charge in [-0.2, -0.15) is 0 Å². The van der Waals surface area contributed by atoms with Gasteiger partial charge in [0.25, 0.3) is 0 Å². The summed E-state index contributed by atoms with van der Waals surface area (Å²) in [6.45, 7) is 3.90. The number of hydrogen-bond donors (Lipinski definition) is 2. The minimum Gasteiger partial charge on any atom is -0.385 e. The van der Waals surface area contributed by atoms with E-state index in [1.54, 1.807) is 24.3 Å². The standard InChI is InChI=1S/C18H19ClN2O2/c1-12-16(19)4-3-5-17(12)21-18(23)10-11-20-15-8-6-14(7-9-15)13(2)22/h3-9,20H,10-11H2,1-2H3,(H,21,23). The van der Waals surface area contributed by atoms with Crippen LogP contribution in [0.15, 0.2) is 42.5 Å². The van der Waals surface area contributed by atoms with Crippen LogP contribution in [0.5, 0.6) is 0 Å². The number of hydrogen-bond acceptors (Lipinski definition) is 3. The van der Waals surface area contributed by atoms with Crippen molar-refractivity contribution in [1.82, 2.24) is 0 Å². The second kappa shape index (κ2) is 7.79. The highest BCUT2D eigenvalue weighted by Crippen LogP contribution is 2.22. The zero-order valence-electron chi connectivity index (χ0n) is 13.2. The van der Waals surface area contributed by atoms with Crippen molar-refractivity contribution in [3.63, 3.8) is 0 Å². The molecule has 0 fully saturated rings. The van der Waals surface area contributed by atoms with Gasteiger partial charge in [-0.25, -0.2) is 0 Å². The Morgan fingerprint density at radius 3 is 2.43 bits per heavy atom. The molecule has 1 amide bonds. The molecule has 0 aliphatic heterocycles. The van der Waals surface area contributed by atoms with E-state index in [0.717, 1.165) is 16.9 Å². The van der Waals surface area contributed by atoms with Crippen LogP contribution in [0.3, 0.4) is 0 Å². The summed E-state index contributed by atoms with van der Waals surface area (Å²) >= 11 is 6.03. The van der Waals surface area contributed by atoms with Gasteiger partial charge in [-0.05, 0) is 55.8 Å². The van der Waals surface area contributed by atoms with Gasteiger partial charge in [-0.1, -0.05) is 17.7 Å². The number of nitrogens with one attached hydrogen (secondary N) is 2. The number of halogens is 1. The van der Waals surface area contributed by atoms with E-state index in [0.29, 0.717) is 23.6 Å². The summed E-state index contributed by atoms with van der Waals surface area (Å²) in [6.07, 6.45) is 0.334. The molecule has 0 unspecified atom stereocenters. The lowest BCUT2D eigenvalue weighted by atomic mass is 10.1. The van der Waals surface area contributed by atoms with E-state index in [1.165, 1.54) is 6.92 Å². The molecule has 0 aromatic heterocycles. The Labute approximate surface area is 140 Å². The molecule has 0 atom stereocenters. The highest BCUT2D eigenvalue weighted by atomic mass is 35.5. The SMILES string of the molecule is CC(=O)c1ccc(NCCC(=O)Nc2cccc(Cl)c2C)cc1. The lowest BCUT2D eigenvalue weighted by Gasteiger charge is -2.10. The van der Waals surface area contributed by atoms with Gasteiger partial charge in [-0.3, -0.25) is 9.59 Å². The van der Waals surface area contributed by atoms with Crippen molar-refractivity contribution in [3.05, 3.63) is 58.6 Å². The maximum absolute atomic E-state index is 12.0. The van der Waals surface area contributed by atoms with Crippen LogP contribution >= 0.6 is 11.6 Å². The van der Waals surface area contributed by atoms with Crippen LogP contribution < -0.4 is 10.6 Å². The van der Waals surface area contributed by atoms with Crippen LogP contribution in [-0.2, 0) is 4.79 Å². The van der Waals surface area contributed by atoms with Gasteiger partial charge in [-0.15, -0.1) is 0 Å². The molecule has 23 heavy (non-hydrogen) atoms. The van der Waals surface area contributed by atoms with Crippen molar-refractivity contribution in [2.75, 3.05) is 17.2 Å². The third-order valence-corrected chi connectivity index (χ3v) is 3.92. The minimum atomic E-state index is -0.0803. The lowest BCUT2D eigenvalue weighted by molar-refractivity contribution is -0.115. The summed E-state index contributed by atoms with van der Waals surface area (Å²) in [4.78, 5) is 23.2. The molecule has 120 valence electrons. The number of ketones is 1. The fourth-order valence-corrected chi connectivity index (χ4v) is 2.27. The van der Waals surface area contributed by atoms with Crippen LogP contribution in [0.4, 0.5) is 11.4 Å². The first-order valence-electron chi connectivity index (χ1n) is 7.37. The summed E-state index contributed by atoms with van der Waals surface area (Å²) in [5.41, 5.74) is 3.13. The molecular weight excluding hydrogens is 312 g/mol. The average Bonchev–Trinajstić information content (AvgIpc) is 2.52. The van der Waals surface area contributed by atoms with Gasteiger partial charge >= 0.3 is 0 Å². The largest absolute Gasteiger partial charge is 0.385 e. The Bertz CT molecular complexity index is 711. The van der Waals surface area contributed by atoms with E-state index in [9.17, 15) is 9.59 Å². The molecule has 2 aromatic carbocycles. The fourth-order valence-electron chi connectivity index (χ4n) is 2.10. The Balaban J connectivity index is 1.83. The molecule has 2 aromatic rings. The molecule has 0 radical (unpaired) electrons. The van der Waals surface area contributed by atoms with Crippen molar-refractivity contribution in [2.24, 2.45) is 0 Å². The van der Waals surface area contributed by atoms with Gasteiger partial charge in [0.05, 0.1) is 0 Å². The van der Waals surface area contributed by atoms with E-state index < -0.39 is 0 Å². The van der Waals surface area contributed by atoms with Crippen LogP contribution in [0.25, 0.3) is 0 Å². The number of amides is 1. The van der Waals surface area contributed by atoms with Crippen molar-refractivity contribution >= 4 is 34.7 Å². The summed E-state index contributed by atoms with van der Waals surface area (Å²) in [5.74, 6) is -0.0453. The van der Waals surface area contributed by atoms with Gasteiger partial charge in [0.1, 0.15) is 0 Å². The summed E-state index contributed by atoms with van der Waals surface area (Å²) in [7, 11) is 0. The van der Waals surface area contributed by atoms with Crippen molar-refractivity contribution < 1.29 is 9.59 Å². The molecule has 2 N–H and O–H groups in total. The smallest absolute Gasteiger partial charge is 0.226 e. The van der Waals surface area contributed by atoms with E-state index in [1.807, 2.05) is 25.1 Å². The predicted molar refractivity (Wildman–Crippen MR) is 94.4 cm³/mol. The molecule has 0 bridgehead atoms. The number of anilines is 2. The molecule has 0 spiro atoms. The Hall–Kier alpha value is -2.33. The Morgan fingerprint density at radius 2 is 1.78 bits per heavy atom. The first-order valence-corrected chi connectivity index (χ1v) is 7.75. The number of Topliss-reactive ketones (excluding diaryl/α,β-unsaturated/α-hetero) is 1. The quantitative estimate of drug-likeness (QED) is 0.777.